The Balaban J connectivity index is 1.05. The number of fused-ring (bicyclic) bond motifs is 6. The average Bonchev–Trinajstić information content (AvgIpc) is 4.09. The van der Waals surface area contributed by atoms with Gasteiger partial charge in [-0.15, -0.1) is 0 Å². The van der Waals surface area contributed by atoms with Gasteiger partial charge in [0, 0.05) is 36.6 Å². The van der Waals surface area contributed by atoms with Crippen LogP contribution in [-0.2, 0) is 30.4 Å². The van der Waals surface area contributed by atoms with Crippen molar-refractivity contribution in [3.8, 4) is 28.1 Å². The van der Waals surface area contributed by atoms with Crippen LogP contribution in [0.15, 0.2) is 48.7 Å². The maximum atomic E-state index is 14.0. The number of ether oxygens (including phenoxy) is 4. The summed E-state index contributed by atoms with van der Waals surface area (Å²) >= 11 is 0. The number of imidazole rings is 2. The SMILES string of the molecule is COC[C@H]1C[C@@H](c2ncc(-c3ccc4c(c3)COc3cc5c(ccc6[nH]c([C@@H]7CC[C@H](C)N7C(=O)[C@@H](NC(=O)OC)C(C)C)nc65)cc3-4)[nH]2)N(C(=O)[C@@H](NC(=O)OC)C(C)C)C1. The van der Waals surface area contributed by atoms with Crippen LogP contribution in [0.2, 0.25) is 0 Å². The second-order valence-electron chi connectivity index (χ2n) is 17.5. The van der Waals surface area contributed by atoms with Gasteiger partial charge in [0.05, 0.1) is 55.8 Å². The first-order valence-electron chi connectivity index (χ1n) is 21.4. The van der Waals surface area contributed by atoms with Crippen LogP contribution in [0.3, 0.4) is 0 Å². The van der Waals surface area contributed by atoms with Crippen LogP contribution in [-0.4, -0.2) is 106 Å². The number of rotatable bonds is 11. The maximum Gasteiger partial charge on any atom is 0.407 e. The lowest BCUT2D eigenvalue weighted by Gasteiger charge is -2.32. The van der Waals surface area contributed by atoms with E-state index in [4.69, 9.17) is 28.9 Å². The van der Waals surface area contributed by atoms with E-state index < -0.39 is 24.3 Å². The van der Waals surface area contributed by atoms with Crippen LogP contribution in [0, 0.1) is 17.8 Å². The molecule has 5 heterocycles. The summed E-state index contributed by atoms with van der Waals surface area (Å²) in [5.41, 5.74) is 6.50. The summed E-state index contributed by atoms with van der Waals surface area (Å²) in [5.74, 6) is 1.61. The van der Waals surface area contributed by atoms with Gasteiger partial charge in [-0.05, 0) is 84.4 Å². The van der Waals surface area contributed by atoms with Crippen molar-refractivity contribution in [3.05, 3.63) is 65.9 Å². The molecule has 0 bridgehead atoms. The standard InChI is InChI=1S/C46H56N8O8/c1-23(2)38(51-45(57)60-7)43(55)53-20-26(21-59-6)15-36(53)41-47-19-34(49-41)28-10-12-30-29(16-28)22-62-37-18-31-27(17-32(30)37)11-13-33-40(31)50-42(48-33)35-14-9-25(5)54(35)44(56)39(24(3)4)52-46(58)61-8/h10-13,16-19,23-26,35-36,38-39H,9,14-15,20-22H2,1-8H3,(H,47,49)(H,48,50)(H,51,57)(H,52,58)/t25-,26-,35-,36-,38-,39-/m0/s1. The van der Waals surface area contributed by atoms with E-state index >= 15 is 0 Å². The molecule has 16 heteroatoms. The van der Waals surface area contributed by atoms with E-state index in [9.17, 15) is 19.2 Å². The minimum absolute atomic E-state index is 0.0301. The number of benzene rings is 3. The molecule has 4 N–H and O–H groups in total. The van der Waals surface area contributed by atoms with Gasteiger partial charge in [0.25, 0.3) is 0 Å². The Morgan fingerprint density at radius 3 is 2.27 bits per heavy atom. The smallest absolute Gasteiger partial charge is 0.407 e. The number of aromatic amines is 2. The molecule has 328 valence electrons. The molecule has 0 unspecified atom stereocenters. The fourth-order valence-corrected chi connectivity index (χ4v) is 9.43. The monoisotopic (exact) mass is 848 g/mol. The highest BCUT2D eigenvalue weighted by Gasteiger charge is 2.43. The van der Waals surface area contributed by atoms with Crippen LogP contribution in [0.4, 0.5) is 9.59 Å². The molecule has 0 radical (unpaired) electrons. The highest BCUT2D eigenvalue weighted by Crippen LogP contribution is 2.44. The van der Waals surface area contributed by atoms with E-state index in [1.165, 1.54) is 14.2 Å². The predicted molar refractivity (Wildman–Crippen MR) is 232 cm³/mol. The summed E-state index contributed by atoms with van der Waals surface area (Å²) < 4.78 is 21.6. The second-order valence-corrected chi connectivity index (χ2v) is 17.5. The van der Waals surface area contributed by atoms with Crippen LogP contribution in [0.1, 0.15) is 83.2 Å². The molecule has 6 atom stereocenters. The van der Waals surface area contributed by atoms with Gasteiger partial charge in [0.15, 0.2) is 0 Å². The topological polar surface area (TPSA) is 193 Å². The first kappa shape index (κ1) is 42.5. The van der Waals surface area contributed by atoms with Gasteiger partial charge in [0.2, 0.25) is 11.8 Å². The Labute approximate surface area is 360 Å². The Kier molecular flexibility index (Phi) is 11.9. The summed E-state index contributed by atoms with van der Waals surface area (Å²) in [7, 11) is 4.23. The summed E-state index contributed by atoms with van der Waals surface area (Å²) in [4.78, 5) is 72.8. The number of alkyl carbamates (subject to hydrolysis) is 2. The van der Waals surface area contributed by atoms with Crippen LogP contribution in [0.5, 0.6) is 5.75 Å². The molecule has 62 heavy (non-hydrogen) atoms. The van der Waals surface area contributed by atoms with Crippen LogP contribution >= 0.6 is 0 Å². The van der Waals surface area contributed by atoms with Crippen molar-refractivity contribution >= 4 is 45.8 Å². The molecule has 0 saturated carbocycles. The quantitative estimate of drug-likeness (QED) is 0.107. The molecule has 5 aromatic rings. The predicted octanol–water partition coefficient (Wildman–Crippen LogP) is 7.01. The van der Waals surface area contributed by atoms with Crippen molar-refractivity contribution in [1.82, 2.24) is 40.4 Å². The van der Waals surface area contributed by atoms with Crippen molar-refractivity contribution in [1.29, 1.82) is 0 Å². The van der Waals surface area contributed by atoms with E-state index in [-0.39, 0.29) is 47.7 Å². The van der Waals surface area contributed by atoms with Crippen molar-refractivity contribution in [2.75, 3.05) is 34.5 Å². The summed E-state index contributed by atoms with van der Waals surface area (Å²) in [6.07, 6.45) is 2.73. The minimum Gasteiger partial charge on any atom is -0.488 e. The molecule has 3 aromatic carbocycles. The Morgan fingerprint density at radius 1 is 0.855 bits per heavy atom. The fourth-order valence-electron chi connectivity index (χ4n) is 9.43. The van der Waals surface area contributed by atoms with Gasteiger partial charge in [0.1, 0.15) is 36.1 Å². The number of nitrogens with one attached hydrogen (secondary N) is 4. The van der Waals surface area contributed by atoms with E-state index in [2.05, 4.69) is 57.0 Å². The lowest BCUT2D eigenvalue weighted by atomic mass is 9.92. The zero-order valence-electron chi connectivity index (χ0n) is 36.5. The van der Waals surface area contributed by atoms with Crippen LogP contribution in [0.25, 0.3) is 44.2 Å². The largest absolute Gasteiger partial charge is 0.488 e. The number of nitrogens with zero attached hydrogens (tertiary/aromatic N) is 4. The van der Waals surface area contributed by atoms with Crippen molar-refractivity contribution in [2.24, 2.45) is 17.8 Å². The lowest BCUT2D eigenvalue weighted by molar-refractivity contribution is -0.137. The summed E-state index contributed by atoms with van der Waals surface area (Å²) in [6.45, 7) is 11.0. The number of hydrogen-bond donors (Lipinski definition) is 4. The molecule has 3 aliphatic rings. The maximum absolute atomic E-state index is 14.0. The third-order valence-electron chi connectivity index (χ3n) is 12.7. The normalized spacial score (nSPS) is 20.5. The first-order chi connectivity index (χ1) is 29.8. The lowest BCUT2D eigenvalue weighted by Crippen LogP contribution is -2.52. The zero-order valence-corrected chi connectivity index (χ0v) is 36.5. The number of amides is 4. The van der Waals surface area contributed by atoms with Gasteiger partial charge < -0.3 is 49.3 Å². The Hall–Kier alpha value is -6.16. The van der Waals surface area contributed by atoms with E-state index in [1.54, 1.807) is 18.2 Å². The number of aromatic nitrogens is 4. The van der Waals surface area contributed by atoms with E-state index in [0.717, 1.165) is 68.3 Å². The van der Waals surface area contributed by atoms with Crippen LogP contribution < -0.4 is 15.4 Å². The molecular weight excluding hydrogens is 793 g/mol. The molecule has 2 saturated heterocycles. The molecule has 4 amide bonds. The van der Waals surface area contributed by atoms with Gasteiger partial charge in [-0.2, -0.15) is 0 Å². The van der Waals surface area contributed by atoms with Gasteiger partial charge >= 0.3 is 12.2 Å². The number of carbonyl (C=O) groups is 4. The number of likely N-dealkylation sites (tertiary alicyclic amines) is 2. The Bertz CT molecular complexity index is 2510. The third-order valence-corrected chi connectivity index (χ3v) is 12.7. The molecule has 2 fully saturated rings. The zero-order chi connectivity index (χ0) is 44.0. The van der Waals surface area contributed by atoms with Gasteiger partial charge in [-0.25, -0.2) is 19.6 Å². The number of H-pyrrole nitrogens is 2. The molecule has 3 aliphatic heterocycles. The van der Waals surface area contributed by atoms with Crippen molar-refractivity contribution in [2.45, 2.75) is 90.7 Å². The molecule has 0 spiro atoms. The highest BCUT2D eigenvalue weighted by molar-refractivity contribution is 6.07. The summed E-state index contributed by atoms with van der Waals surface area (Å²) in [6, 6.07) is 12.5. The highest BCUT2D eigenvalue weighted by atomic mass is 16.5. The van der Waals surface area contributed by atoms with E-state index in [1.807, 2.05) is 45.6 Å². The second kappa shape index (κ2) is 17.3. The number of methoxy groups -OCH3 is 3. The molecule has 0 aliphatic carbocycles. The van der Waals surface area contributed by atoms with Gasteiger partial charge in [-0.3, -0.25) is 9.59 Å². The number of carbonyl (C=O) groups excluding carboxylic acids is 4. The third kappa shape index (κ3) is 7.91. The fraction of sp³-hybridized carbons (Fsp3) is 0.478. The first-order valence-corrected chi connectivity index (χ1v) is 21.4. The average molecular weight is 849 g/mol. The molecule has 2 aromatic heterocycles. The molecule has 8 rings (SSSR count). The van der Waals surface area contributed by atoms with Crippen molar-refractivity contribution in [3.63, 3.8) is 0 Å². The van der Waals surface area contributed by atoms with Crippen molar-refractivity contribution < 1.29 is 38.1 Å². The molecular formula is C46H56N8O8. The Morgan fingerprint density at radius 2 is 1.58 bits per heavy atom. The molecule has 16 nitrogen and oxygen atoms in total. The van der Waals surface area contributed by atoms with Gasteiger partial charge in [-0.1, -0.05) is 45.9 Å². The van der Waals surface area contributed by atoms with E-state index in [0.29, 0.717) is 37.8 Å². The number of hydrogen-bond acceptors (Lipinski definition) is 10. The minimum atomic E-state index is -0.755. The summed E-state index contributed by atoms with van der Waals surface area (Å²) in [5, 5.41) is 7.41.